The van der Waals surface area contributed by atoms with Crippen LogP contribution in [0.1, 0.15) is 33.3 Å². The van der Waals surface area contributed by atoms with Crippen LogP contribution >= 0.6 is 11.6 Å². The molecule has 1 fully saturated rings. The third-order valence-electron chi connectivity index (χ3n) is 4.39. The van der Waals surface area contributed by atoms with E-state index in [-0.39, 0.29) is 11.2 Å². The summed E-state index contributed by atoms with van der Waals surface area (Å²) in [5.41, 5.74) is 1.05. The van der Waals surface area contributed by atoms with Gasteiger partial charge < -0.3 is 19.2 Å². The quantitative estimate of drug-likeness (QED) is 0.802. The number of aliphatic imine (C=N–C) groups is 1. The van der Waals surface area contributed by atoms with E-state index in [1.807, 2.05) is 45.5 Å². The van der Waals surface area contributed by atoms with Crippen LogP contribution in [0.2, 0.25) is 0 Å². The van der Waals surface area contributed by atoms with Crippen molar-refractivity contribution in [2.45, 2.75) is 38.9 Å². The lowest BCUT2D eigenvalue weighted by atomic mass is 9.78. The number of hydrogen-bond donors (Lipinski definition) is 1. The van der Waals surface area contributed by atoms with Gasteiger partial charge in [-0.1, -0.05) is 11.6 Å². The highest BCUT2D eigenvalue weighted by Gasteiger charge is 2.53. The number of nitrogens with zero attached hydrogens (tertiary/aromatic N) is 2. The molecule has 20 heavy (non-hydrogen) atoms. The first-order valence-corrected chi connectivity index (χ1v) is 7.10. The highest BCUT2D eigenvalue weighted by Crippen LogP contribution is 2.37. The zero-order chi connectivity index (χ0) is 14.7. The Kier molecular flexibility index (Phi) is 2.98. The monoisotopic (exact) mass is 295 g/mol. The van der Waals surface area contributed by atoms with Gasteiger partial charge in [-0.3, -0.25) is 4.99 Å². The van der Waals surface area contributed by atoms with Gasteiger partial charge >= 0.3 is 7.12 Å². The molecule has 1 aromatic heterocycles. The average molecular weight is 296 g/mol. The highest BCUT2D eigenvalue weighted by molar-refractivity contribution is 6.74. The predicted octanol–water partition coefficient (Wildman–Crippen LogP) is 1.69. The lowest BCUT2D eigenvalue weighted by Gasteiger charge is -2.32. The third kappa shape index (κ3) is 1.90. The summed E-state index contributed by atoms with van der Waals surface area (Å²) in [5.74, 6) is 0.953. The lowest BCUT2D eigenvalue weighted by Crippen LogP contribution is -2.41. The largest absolute Gasteiger partial charge is 0.497 e. The number of aryl methyl sites for hydroxylation is 1. The van der Waals surface area contributed by atoms with Gasteiger partial charge in [-0.05, 0) is 27.7 Å². The molecule has 3 heterocycles. The third-order valence-corrected chi connectivity index (χ3v) is 4.70. The van der Waals surface area contributed by atoms with Gasteiger partial charge in [0.15, 0.2) is 0 Å². The SMILES string of the molecule is Cn1cc(B2OC(C)(C)C(C)(C)O2)c2c1NCN=C2Cl. The van der Waals surface area contributed by atoms with Gasteiger partial charge in [-0.25, -0.2) is 0 Å². The van der Waals surface area contributed by atoms with E-state index < -0.39 is 7.12 Å². The Hall–Kier alpha value is -0.975. The summed E-state index contributed by atoms with van der Waals surface area (Å²) in [6, 6.07) is 0. The Morgan fingerprint density at radius 3 is 2.50 bits per heavy atom. The first kappa shape index (κ1) is 14.0. The van der Waals surface area contributed by atoms with Crippen molar-refractivity contribution in [2.75, 3.05) is 12.0 Å². The first-order valence-electron chi connectivity index (χ1n) is 6.72. The first-order chi connectivity index (χ1) is 9.23. The lowest BCUT2D eigenvalue weighted by molar-refractivity contribution is 0.00578. The van der Waals surface area contributed by atoms with E-state index >= 15 is 0 Å². The standard InChI is InChI=1S/C13H19BClN3O2/c1-12(2)13(3,4)20-14(19-12)8-6-18(5)11-9(8)10(15)16-7-17-11/h6,17H,7H2,1-5H3. The molecule has 0 bridgehead atoms. The second-order valence-electron chi connectivity index (χ2n) is 6.29. The zero-order valence-corrected chi connectivity index (χ0v) is 13.2. The molecule has 1 saturated heterocycles. The molecular weight excluding hydrogens is 276 g/mol. The topological polar surface area (TPSA) is 47.8 Å². The van der Waals surface area contributed by atoms with Crippen molar-refractivity contribution in [1.29, 1.82) is 0 Å². The summed E-state index contributed by atoms with van der Waals surface area (Å²) in [4.78, 5) is 4.24. The zero-order valence-electron chi connectivity index (χ0n) is 12.5. The summed E-state index contributed by atoms with van der Waals surface area (Å²) in [6.07, 6.45) is 1.99. The molecule has 0 saturated carbocycles. The van der Waals surface area contributed by atoms with Crippen LogP contribution in [0.25, 0.3) is 0 Å². The van der Waals surface area contributed by atoms with Gasteiger partial charge in [0.25, 0.3) is 0 Å². The van der Waals surface area contributed by atoms with Crippen LogP contribution < -0.4 is 10.8 Å². The van der Waals surface area contributed by atoms with Crippen molar-refractivity contribution in [3.63, 3.8) is 0 Å². The van der Waals surface area contributed by atoms with Crippen LogP contribution in [-0.2, 0) is 16.4 Å². The van der Waals surface area contributed by atoms with E-state index in [4.69, 9.17) is 20.9 Å². The van der Waals surface area contributed by atoms with Crippen LogP contribution in [0, 0.1) is 0 Å². The molecule has 0 atom stereocenters. The summed E-state index contributed by atoms with van der Waals surface area (Å²) < 4.78 is 14.2. The molecule has 0 aliphatic carbocycles. The van der Waals surface area contributed by atoms with E-state index in [0.29, 0.717) is 11.8 Å². The maximum atomic E-state index is 6.27. The minimum atomic E-state index is -0.432. The van der Waals surface area contributed by atoms with Crippen LogP contribution in [0.4, 0.5) is 5.82 Å². The van der Waals surface area contributed by atoms with Crippen LogP contribution in [-0.4, -0.2) is 34.7 Å². The molecule has 0 unspecified atom stereocenters. The Morgan fingerprint density at radius 1 is 1.30 bits per heavy atom. The summed E-state index contributed by atoms with van der Waals surface area (Å²) >= 11 is 6.27. The van der Waals surface area contributed by atoms with Gasteiger partial charge in [-0.2, -0.15) is 0 Å². The molecule has 1 N–H and O–H groups in total. The molecule has 5 nitrogen and oxygen atoms in total. The van der Waals surface area contributed by atoms with Gasteiger partial charge in [-0.15, -0.1) is 0 Å². The van der Waals surface area contributed by atoms with E-state index in [0.717, 1.165) is 16.8 Å². The fourth-order valence-electron chi connectivity index (χ4n) is 2.49. The molecule has 0 aromatic carbocycles. The van der Waals surface area contributed by atoms with Crippen molar-refractivity contribution in [3.8, 4) is 0 Å². The van der Waals surface area contributed by atoms with Crippen LogP contribution in [0.5, 0.6) is 0 Å². The number of aromatic nitrogens is 1. The number of rotatable bonds is 1. The fraction of sp³-hybridized carbons (Fsp3) is 0.615. The molecular formula is C13H19BClN3O2. The molecule has 2 aliphatic heterocycles. The normalized spacial score (nSPS) is 23.3. The van der Waals surface area contributed by atoms with E-state index in [9.17, 15) is 0 Å². The van der Waals surface area contributed by atoms with Crippen LogP contribution in [0.3, 0.4) is 0 Å². The van der Waals surface area contributed by atoms with E-state index in [1.54, 1.807) is 0 Å². The minimum absolute atomic E-state index is 0.369. The number of nitrogens with one attached hydrogen (secondary N) is 1. The maximum absolute atomic E-state index is 6.27. The van der Waals surface area contributed by atoms with Gasteiger partial charge in [0.1, 0.15) is 17.7 Å². The predicted molar refractivity (Wildman–Crippen MR) is 82.0 cm³/mol. The summed E-state index contributed by atoms with van der Waals surface area (Å²) in [5, 5.41) is 3.73. The number of fused-ring (bicyclic) bond motifs is 1. The molecule has 0 spiro atoms. The Morgan fingerprint density at radius 2 is 1.90 bits per heavy atom. The van der Waals surface area contributed by atoms with Crippen molar-refractivity contribution < 1.29 is 9.31 Å². The fourth-order valence-corrected chi connectivity index (χ4v) is 2.75. The van der Waals surface area contributed by atoms with E-state index in [1.165, 1.54) is 0 Å². The smallest absolute Gasteiger partial charge is 0.399 e. The number of halogens is 1. The summed E-state index contributed by atoms with van der Waals surface area (Å²) in [6.45, 7) is 8.64. The van der Waals surface area contributed by atoms with Gasteiger partial charge in [0.2, 0.25) is 0 Å². The summed E-state index contributed by atoms with van der Waals surface area (Å²) in [7, 11) is 1.54. The Balaban J connectivity index is 2.04. The van der Waals surface area contributed by atoms with Gasteiger partial charge in [0.05, 0.1) is 16.8 Å². The maximum Gasteiger partial charge on any atom is 0.497 e. The van der Waals surface area contributed by atoms with Gasteiger partial charge in [0, 0.05) is 18.7 Å². The Bertz CT molecular complexity index is 579. The highest BCUT2D eigenvalue weighted by atomic mass is 35.5. The molecule has 0 amide bonds. The minimum Gasteiger partial charge on any atom is -0.399 e. The second kappa shape index (κ2) is 4.26. The van der Waals surface area contributed by atoms with Crippen molar-refractivity contribution in [2.24, 2.45) is 12.0 Å². The van der Waals surface area contributed by atoms with Crippen LogP contribution in [0.15, 0.2) is 11.2 Å². The molecule has 3 rings (SSSR count). The molecule has 1 aromatic rings. The van der Waals surface area contributed by atoms with Crippen molar-refractivity contribution in [3.05, 3.63) is 11.8 Å². The number of hydrogen-bond acceptors (Lipinski definition) is 4. The Labute approximate surface area is 124 Å². The average Bonchev–Trinajstić information content (AvgIpc) is 2.76. The molecule has 7 heteroatoms. The second-order valence-corrected chi connectivity index (χ2v) is 6.65. The van der Waals surface area contributed by atoms with E-state index in [2.05, 4.69) is 10.3 Å². The number of anilines is 1. The molecule has 0 radical (unpaired) electrons. The van der Waals surface area contributed by atoms with Crippen molar-refractivity contribution in [1.82, 2.24) is 4.57 Å². The molecule has 2 aliphatic rings. The van der Waals surface area contributed by atoms with Crippen molar-refractivity contribution >= 4 is 35.2 Å². The molecule has 108 valence electrons.